The van der Waals surface area contributed by atoms with E-state index in [1.165, 1.54) is 23.1 Å². The van der Waals surface area contributed by atoms with E-state index in [0.29, 0.717) is 11.1 Å². The van der Waals surface area contributed by atoms with Crippen molar-refractivity contribution < 1.29 is 9.21 Å². The Balaban J connectivity index is 1.66. The Morgan fingerprint density at radius 1 is 1.21 bits per heavy atom. The maximum absolute atomic E-state index is 12.4. The van der Waals surface area contributed by atoms with Gasteiger partial charge in [-0.3, -0.25) is 4.79 Å². The lowest BCUT2D eigenvalue weighted by molar-refractivity contribution is -0.115. The van der Waals surface area contributed by atoms with Crippen LogP contribution in [0.2, 0.25) is 0 Å². The fourth-order valence-corrected chi connectivity index (χ4v) is 3.53. The fourth-order valence-electron chi connectivity index (χ4n) is 2.20. The Kier molecular flexibility index (Phi) is 5.01. The van der Waals surface area contributed by atoms with E-state index in [1.807, 2.05) is 56.5 Å². The van der Waals surface area contributed by atoms with E-state index >= 15 is 0 Å². The summed E-state index contributed by atoms with van der Waals surface area (Å²) < 4.78 is 5.62. The minimum absolute atomic E-state index is 0.0896. The standard InChI is InChI=1S/C17H17N3O2S2/c1-10-6-4-7-11(2)14(10)18-15(21)12(3)24-17-20-19-16(22-17)13-8-5-9-23-13/h4-9,12H,1-3H3,(H,18,21). The van der Waals surface area contributed by atoms with Gasteiger partial charge in [-0.1, -0.05) is 36.0 Å². The number of para-hydroxylation sites is 1. The first-order valence-electron chi connectivity index (χ1n) is 7.45. The van der Waals surface area contributed by atoms with Crippen LogP contribution >= 0.6 is 23.1 Å². The second-order valence-corrected chi connectivity index (χ2v) is 7.61. The molecule has 5 nitrogen and oxygen atoms in total. The van der Waals surface area contributed by atoms with Crippen molar-refractivity contribution in [2.75, 3.05) is 5.32 Å². The number of thiophene rings is 1. The van der Waals surface area contributed by atoms with Gasteiger partial charge in [0.15, 0.2) is 0 Å². The first-order valence-corrected chi connectivity index (χ1v) is 9.21. The van der Waals surface area contributed by atoms with Crippen LogP contribution in [0.4, 0.5) is 5.69 Å². The number of nitrogens with zero attached hydrogens (tertiary/aromatic N) is 2. The van der Waals surface area contributed by atoms with Gasteiger partial charge in [0, 0.05) is 5.69 Å². The van der Waals surface area contributed by atoms with Gasteiger partial charge in [0.05, 0.1) is 10.1 Å². The zero-order valence-electron chi connectivity index (χ0n) is 13.6. The van der Waals surface area contributed by atoms with E-state index in [9.17, 15) is 4.79 Å². The number of amides is 1. The van der Waals surface area contributed by atoms with Crippen LogP contribution in [-0.4, -0.2) is 21.4 Å². The molecule has 0 saturated carbocycles. The smallest absolute Gasteiger partial charge is 0.277 e. The summed E-state index contributed by atoms with van der Waals surface area (Å²) in [5.74, 6) is 0.392. The average molecular weight is 359 g/mol. The van der Waals surface area contributed by atoms with Gasteiger partial charge in [0.1, 0.15) is 0 Å². The Hall–Kier alpha value is -2.12. The summed E-state index contributed by atoms with van der Waals surface area (Å²) in [4.78, 5) is 13.4. The molecule has 1 unspecified atom stereocenters. The van der Waals surface area contributed by atoms with E-state index in [0.717, 1.165) is 21.7 Å². The molecule has 0 fully saturated rings. The third-order valence-corrected chi connectivity index (χ3v) is 5.31. The number of anilines is 1. The number of benzene rings is 1. The Labute approximate surface area is 148 Å². The van der Waals surface area contributed by atoms with E-state index in [-0.39, 0.29) is 11.2 Å². The summed E-state index contributed by atoms with van der Waals surface area (Å²) in [5.41, 5.74) is 2.94. The lowest BCUT2D eigenvalue weighted by Crippen LogP contribution is -2.23. The Bertz CT molecular complexity index is 823. The topological polar surface area (TPSA) is 68.0 Å². The van der Waals surface area contributed by atoms with Crippen LogP contribution in [0, 0.1) is 13.8 Å². The average Bonchev–Trinajstić information content (AvgIpc) is 3.21. The molecule has 3 aromatic rings. The molecule has 2 heterocycles. The van der Waals surface area contributed by atoms with Crippen LogP contribution in [0.1, 0.15) is 18.1 Å². The molecule has 0 aliphatic heterocycles. The highest BCUT2D eigenvalue weighted by molar-refractivity contribution is 8.00. The van der Waals surface area contributed by atoms with Crippen molar-refractivity contribution in [3.05, 3.63) is 46.8 Å². The quantitative estimate of drug-likeness (QED) is 0.678. The number of aromatic nitrogens is 2. The van der Waals surface area contributed by atoms with E-state index in [2.05, 4.69) is 15.5 Å². The SMILES string of the molecule is Cc1cccc(C)c1NC(=O)C(C)Sc1nnc(-c2cccs2)o1. The summed E-state index contributed by atoms with van der Waals surface area (Å²) in [6, 6.07) is 9.78. The molecule has 1 aromatic carbocycles. The van der Waals surface area contributed by atoms with Crippen LogP contribution in [0.3, 0.4) is 0 Å². The fraction of sp³-hybridized carbons (Fsp3) is 0.235. The van der Waals surface area contributed by atoms with E-state index in [4.69, 9.17) is 4.42 Å². The lowest BCUT2D eigenvalue weighted by atomic mass is 10.1. The van der Waals surface area contributed by atoms with Crippen LogP contribution in [-0.2, 0) is 4.79 Å². The maximum Gasteiger partial charge on any atom is 0.277 e. The van der Waals surface area contributed by atoms with E-state index in [1.54, 1.807) is 0 Å². The summed E-state index contributed by atoms with van der Waals surface area (Å²) in [6.07, 6.45) is 0. The largest absolute Gasteiger partial charge is 0.410 e. The zero-order chi connectivity index (χ0) is 17.1. The number of hydrogen-bond acceptors (Lipinski definition) is 6. The highest BCUT2D eigenvalue weighted by atomic mass is 32.2. The summed E-state index contributed by atoms with van der Waals surface area (Å²) in [6.45, 7) is 5.78. The minimum Gasteiger partial charge on any atom is -0.410 e. The van der Waals surface area contributed by atoms with Gasteiger partial charge >= 0.3 is 0 Å². The number of aryl methyl sites for hydroxylation is 2. The molecule has 3 rings (SSSR count). The van der Waals surface area contributed by atoms with Gasteiger partial charge in [0.25, 0.3) is 11.1 Å². The Morgan fingerprint density at radius 2 is 1.96 bits per heavy atom. The molecular formula is C17H17N3O2S2. The van der Waals surface area contributed by atoms with Gasteiger partial charge in [-0.15, -0.1) is 21.5 Å². The van der Waals surface area contributed by atoms with Crippen molar-refractivity contribution in [3.8, 4) is 10.8 Å². The van der Waals surface area contributed by atoms with Crippen LogP contribution < -0.4 is 5.32 Å². The summed E-state index contributed by atoms with van der Waals surface area (Å²) in [5, 5.41) is 13.0. The molecule has 0 saturated heterocycles. The second-order valence-electron chi connectivity index (χ2n) is 5.37. The molecule has 124 valence electrons. The first kappa shape index (κ1) is 16.7. The molecule has 0 spiro atoms. The van der Waals surface area contributed by atoms with Gasteiger partial charge in [-0.2, -0.15) is 0 Å². The molecule has 24 heavy (non-hydrogen) atoms. The Morgan fingerprint density at radius 3 is 2.62 bits per heavy atom. The monoisotopic (exact) mass is 359 g/mol. The van der Waals surface area contributed by atoms with Crippen LogP contribution in [0.5, 0.6) is 0 Å². The zero-order valence-corrected chi connectivity index (χ0v) is 15.2. The normalized spacial score (nSPS) is 12.1. The number of thioether (sulfide) groups is 1. The second kappa shape index (κ2) is 7.19. The van der Waals surface area contributed by atoms with Gasteiger partial charge in [0.2, 0.25) is 5.91 Å². The lowest BCUT2D eigenvalue weighted by Gasteiger charge is -2.14. The third kappa shape index (κ3) is 3.68. The molecule has 7 heteroatoms. The molecular weight excluding hydrogens is 342 g/mol. The van der Waals surface area contributed by atoms with Gasteiger partial charge in [-0.25, -0.2) is 0 Å². The molecule has 1 atom stereocenters. The summed E-state index contributed by atoms with van der Waals surface area (Å²) >= 11 is 2.79. The van der Waals surface area contributed by atoms with Crippen LogP contribution in [0.15, 0.2) is 45.4 Å². The molecule has 0 aliphatic rings. The third-order valence-electron chi connectivity index (χ3n) is 3.51. The van der Waals surface area contributed by atoms with Crippen molar-refractivity contribution in [2.45, 2.75) is 31.2 Å². The molecule has 0 aliphatic carbocycles. The predicted octanol–water partition coefficient (Wildman–Crippen LogP) is 4.53. The van der Waals surface area contributed by atoms with Crippen molar-refractivity contribution in [3.63, 3.8) is 0 Å². The van der Waals surface area contributed by atoms with Gasteiger partial charge in [-0.05, 0) is 43.3 Å². The number of hydrogen-bond donors (Lipinski definition) is 1. The molecule has 1 N–H and O–H groups in total. The minimum atomic E-state index is -0.347. The number of carbonyl (C=O) groups is 1. The number of rotatable bonds is 5. The van der Waals surface area contributed by atoms with Crippen molar-refractivity contribution in [1.29, 1.82) is 0 Å². The number of nitrogens with one attached hydrogen (secondary N) is 1. The highest BCUT2D eigenvalue weighted by Crippen LogP contribution is 2.29. The van der Waals surface area contributed by atoms with Crippen LogP contribution in [0.25, 0.3) is 10.8 Å². The van der Waals surface area contributed by atoms with E-state index < -0.39 is 0 Å². The highest BCUT2D eigenvalue weighted by Gasteiger charge is 2.20. The van der Waals surface area contributed by atoms with Crippen molar-refractivity contribution in [1.82, 2.24) is 10.2 Å². The van der Waals surface area contributed by atoms with Crippen molar-refractivity contribution >= 4 is 34.7 Å². The molecule has 1 amide bonds. The maximum atomic E-state index is 12.4. The first-order chi connectivity index (χ1) is 11.5. The number of carbonyl (C=O) groups excluding carboxylic acids is 1. The summed E-state index contributed by atoms with van der Waals surface area (Å²) in [7, 11) is 0. The van der Waals surface area contributed by atoms with Crippen molar-refractivity contribution in [2.24, 2.45) is 0 Å². The molecule has 0 bridgehead atoms. The van der Waals surface area contributed by atoms with Gasteiger partial charge < -0.3 is 9.73 Å². The predicted molar refractivity (Wildman–Crippen MR) is 97.5 cm³/mol. The molecule has 0 radical (unpaired) electrons. The molecule has 2 aromatic heterocycles.